The molecule has 0 saturated heterocycles. The number of benzene rings is 3. The standard InChI is InChI=1S/C29H30O/c1-19-20(2)22(4)27(21(19)3)25-17-12-18-26(28(25)30)29(5,23-13-8-6-9-14-23)24-15-10-7-11-16-24/h6-18,21,30H,1-5H3. The summed E-state index contributed by atoms with van der Waals surface area (Å²) in [4.78, 5) is 0. The molecule has 0 aliphatic heterocycles. The van der Waals surface area contributed by atoms with Gasteiger partial charge in [0, 0.05) is 22.5 Å². The van der Waals surface area contributed by atoms with Crippen molar-refractivity contribution in [3.63, 3.8) is 0 Å². The summed E-state index contributed by atoms with van der Waals surface area (Å²) in [6, 6.07) is 27.2. The summed E-state index contributed by atoms with van der Waals surface area (Å²) in [7, 11) is 0. The fourth-order valence-electron chi connectivity index (χ4n) is 4.98. The van der Waals surface area contributed by atoms with Gasteiger partial charge in [-0.3, -0.25) is 0 Å². The second kappa shape index (κ2) is 7.65. The molecular formula is C29H30O. The van der Waals surface area contributed by atoms with Crippen molar-refractivity contribution in [2.45, 2.75) is 40.0 Å². The highest BCUT2D eigenvalue weighted by atomic mass is 16.3. The first-order valence-corrected chi connectivity index (χ1v) is 10.7. The molecule has 0 fully saturated rings. The number of allylic oxidation sites excluding steroid dienone is 4. The third kappa shape index (κ3) is 3.01. The molecule has 1 unspecified atom stereocenters. The minimum atomic E-state index is -0.462. The number of phenols is 1. The molecule has 3 aromatic carbocycles. The zero-order valence-corrected chi connectivity index (χ0v) is 18.5. The lowest BCUT2D eigenvalue weighted by molar-refractivity contribution is 0.455. The molecule has 152 valence electrons. The van der Waals surface area contributed by atoms with Gasteiger partial charge in [-0.2, -0.15) is 0 Å². The van der Waals surface area contributed by atoms with E-state index in [4.69, 9.17) is 0 Å². The minimum absolute atomic E-state index is 0.311. The van der Waals surface area contributed by atoms with E-state index in [2.05, 4.69) is 101 Å². The molecule has 1 aliphatic rings. The van der Waals surface area contributed by atoms with E-state index in [1.165, 1.54) is 33.4 Å². The molecule has 0 spiro atoms. The molecule has 0 radical (unpaired) electrons. The SMILES string of the molecule is CC1=C(C)C(C)C(c2cccc(C(C)(c3ccccc3)c3ccccc3)c2O)=C1C. The van der Waals surface area contributed by atoms with Gasteiger partial charge in [0.15, 0.2) is 0 Å². The van der Waals surface area contributed by atoms with E-state index in [-0.39, 0.29) is 0 Å². The Balaban J connectivity index is 1.97. The number of rotatable bonds is 4. The lowest BCUT2D eigenvalue weighted by Gasteiger charge is -2.33. The number of aromatic hydroxyl groups is 1. The molecule has 0 amide bonds. The first-order valence-electron chi connectivity index (χ1n) is 10.7. The van der Waals surface area contributed by atoms with Gasteiger partial charge in [-0.15, -0.1) is 0 Å². The Bertz CT molecular complexity index is 1090. The summed E-state index contributed by atoms with van der Waals surface area (Å²) in [5.41, 5.74) is 9.02. The van der Waals surface area contributed by atoms with Gasteiger partial charge in [-0.25, -0.2) is 0 Å². The largest absolute Gasteiger partial charge is 0.507 e. The molecule has 0 heterocycles. The maximum absolute atomic E-state index is 11.7. The van der Waals surface area contributed by atoms with Gasteiger partial charge in [-0.1, -0.05) is 91.4 Å². The smallest absolute Gasteiger partial charge is 0.127 e. The van der Waals surface area contributed by atoms with Crippen molar-refractivity contribution < 1.29 is 5.11 Å². The summed E-state index contributed by atoms with van der Waals surface area (Å²) in [5, 5.41) is 11.7. The van der Waals surface area contributed by atoms with Crippen LogP contribution in [0.5, 0.6) is 5.75 Å². The molecule has 1 heteroatoms. The van der Waals surface area contributed by atoms with Crippen molar-refractivity contribution in [3.8, 4) is 5.75 Å². The van der Waals surface area contributed by atoms with Gasteiger partial charge >= 0.3 is 0 Å². The molecular weight excluding hydrogens is 364 g/mol. The van der Waals surface area contributed by atoms with Crippen LogP contribution in [0, 0.1) is 5.92 Å². The van der Waals surface area contributed by atoms with Crippen molar-refractivity contribution in [3.05, 3.63) is 118 Å². The average Bonchev–Trinajstić information content (AvgIpc) is 2.97. The Labute approximate surface area is 180 Å². The van der Waals surface area contributed by atoms with E-state index in [1.807, 2.05) is 12.1 Å². The molecule has 0 saturated carbocycles. The van der Waals surface area contributed by atoms with Crippen LogP contribution in [-0.2, 0) is 5.41 Å². The fourth-order valence-corrected chi connectivity index (χ4v) is 4.98. The summed E-state index contributed by atoms with van der Waals surface area (Å²) >= 11 is 0. The molecule has 0 aromatic heterocycles. The second-order valence-electron chi connectivity index (χ2n) is 8.63. The van der Waals surface area contributed by atoms with Crippen LogP contribution < -0.4 is 0 Å². The molecule has 30 heavy (non-hydrogen) atoms. The van der Waals surface area contributed by atoms with Gasteiger partial charge in [-0.05, 0) is 55.5 Å². The lowest BCUT2D eigenvalue weighted by Crippen LogP contribution is -2.25. The highest BCUT2D eigenvalue weighted by molar-refractivity contribution is 5.83. The second-order valence-corrected chi connectivity index (χ2v) is 8.63. The number of hydrogen-bond donors (Lipinski definition) is 1. The molecule has 1 N–H and O–H groups in total. The normalized spacial score (nSPS) is 17.0. The molecule has 1 aliphatic carbocycles. The van der Waals surface area contributed by atoms with Gasteiger partial charge in [0.1, 0.15) is 5.75 Å². The van der Waals surface area contributed by atoms with E-state index in [1.54, 1.807) is 0 Å². The Morgan fingerprint density at radius 1 is 0.700 bits per heavy atom. The minimum Gasteiger partial charge on any atom is -0.507 e. The fraction of sp³-hybridized carbons (Fsp3) is 0.241. The van der Waals surface area contributed by atoms with Gasteiger partial charge in [0.05, 0.1) is 0 Å². The molecule has 1 nitrogen and oxygen atoms in total. The van der Waals surface area contributed by atoms with E-state index >= 15 is 0 Å². The van der Waals surface area contributed by atoms with Crippen molar-refractivity contribution in [1.82, 2.24) is 0 Å². The van der Waals surface area contributed by atoms with Crippen LogP contribution in [-0.4, -0.2) is 5.11 Å². The summed E-state index contributed by atoms with van der Waals surface area (Å²) in [6.45, 7) is 11.0. The predicted molar refractivity (Wildman–Crippen MR) is 127 cm³/mol. The third-order valence-electron chi connectivity index (χ3n) is 7.21. The monoisotopic (exact) mass is 394 g/mol. The zero-order chi connectivity index (χ0) is 21.5. The van der Waals surface area contributed by atoms with Crippen molar-refractivity contribution in [1.29, 1.82) is 0 Å². The number of para-hydroxylation sites is 1. The number of phenolic OH excluding ortho intramolecular Hbond substituents is 1. The first-order chi connectivity index (χ1) is 14.4. The van der Waals surface area contributed by atoms with Gasteiger partial charge in [0.2, 0.25) is 0 Å². The Morgan fingerprint density at radius 2 is 1.23 bits per heavy atom. The quantitative estimate of drug-likeness (QED) is 0.454. The van der Waals surface area contributed by atoms with Crippen LogP contribution in [0.15, 0.2) is 95.6 Å². The Morgan fingerprint density at radius 3 is 1.70 bits per heavy atom. The first kappa shape index (κ1) is 20.2. The van der Waals surface area contributed by atoms with Crippen molar-refractivity contribution in [2.24, 2.45) is 5.92 Å². The average molecular weight is 395 g/mol. The Hall–Kier alpha value is -3.06. The lowest BCUT2D eigenvalue weighted by atomic mass is 9.70. The van der Waals surface area contributed by atoms with Crippen molar-refractivity contribution >= 4 is 5.57 Å². The number of hydrogen-bond acceptors (Lipinski definition) is 1. The summed E-state index contributed by atoms with van der Waals surface area (Å²) < 4.78 is 0. The van der Waals surface area contributed by atoms with E-state index < -0.39 is 5.41 Å². The van der Waals surface area contributed by atoms with Crippen molar-refractivity contribution in [2.75, 3.05) is 0 Å². The van der Waals surface area contributed by atoms with Crippen LogP contribution in [0.4, 0.5) is 0 Å². The van der Waals surface area contributed by atoms with Crippen LogP contribution in [0.3, 0.4) is 0 Å². The zero-order valence-electron chi connectivity index (χ0n) is 18.5. The maximum Gasteiger partial charge on any atom is 0.127 e. The van der Waals surface area contributed by atoms with Crippen LogP contribution in [0.2, 0.25) is 0 Å². The van der Waals surface area contributed by atoms with Crippen LogP contribution in [0.25, 0.3) is 5.57 Å². The van der Waals surface area contributed by atoms with Crippen LogP contribution in [0.1, 0.15) is 56.9 Å². The molecule has 0 bridgehead atoms. The van der Waals surface area contributed by atoms with Crippen LogP contribution >= 0.6 is 0 Å². The summed E-state index contributed by atoms with van der Waals surface area (Å²) in [6.07, 6.45) is 0. The summed E-state index contributed by atoms with van der Waals surface area (Å²) in [5.74, 6) is 0.697. The van der Waals surface area contributed by atoms with E-state index in [0.717, 1.165) is 11.1 Å². The Kier molecular flexibility index (Phi) is 5.15. The molecule has 3 aromatic rings. The topological polar surface area (TPSA) is 20.2 Å². The maximum atomic E-state index is 11.7. The molecule has 4 rings (SSSR count). The van der Waals surface area contributed by atoms with Gasteiger partial charge < -0.3 is 5.11 Å². The van der Waals surface area contributed by atoms with Gasteiger partial charge in [0.25, 0.3) is 0 Å². The van der Waals surface area contributed by atoms with E-state index in [0.29, 0.717) is 11.7 Å². The third-order valence-corrected chi connectivity index (χ3v) is 7.21. The molecule has 1 atom stereocenters. The van der Waals surface area contributed by atoms with E-state index in [9.17, 15) is 5.11 Å². The highest BCUT2D eigenvalue weighted by Gasteiger charge is 2.35. The highest BCUT2D eigenvalue weighted by Crippen LogP contribution is 2.49. The predicted octanol–water partition coefficient (Wildman–Crippen LogP) is 7.51.